The molecule has 0 bridgehead atoms. The fourth-order valence-electron chi connectivity index (χ4n) is 4.58. The van der Waals surface area contributed by atoms with Crippen LogP contribution in [-0.4, -0.2) is 24.7 Å². The first-order valence-corrected chi connectivity index (χ1v) is 9.52. The SMILES string of the molecule is CC1=CC=CC2=C(CCC3(C)CCC(=O)O3)c3ccc(C)cc3N(C)C12. The van der Waals surface area contributed by atoms with Crippen LogP contribution < -0.4 is 4.90 Å². The van der Waals surface area contributed by atoms with Crippen LogP contribution in [0.3, 0.4) is 0 Å². The fourth-order valence-corrected chi connectivity index (χ4v) is 4.58. The Morgan fingerprint density at radius 1 is 1.31 bits per heavy atom. The summed E-state index contributed by atoms with van der Waals surface area (Å²) in [6.45, 7) is 6.44. The molecule has 1 fully saturated rings. The van der Waals surface area contributed by atoms with Gasteiger partial charge in [0.2, 0.25) is 0 Å². The Morgan fingerprint density at radius 2 is 2.12 bits per heavy atom. The number of esters is 1. The van der Waals surface area contributed by atoms with Crippen molar-refractivity contribution in [1.29, 1.82) is 0 Å². The van der Waals surface area contributed by atoms with Gasteiger partial charge in [0, 0.05) is 24.7 Å². The number of carbonyl (C=O) groups is 1. The van der Waals surface area contributed by atoms with Gasteiger partial charge in [0.1, 0.15) is 5.60 Å². The first-order chi connectivity index (χ1) is 12.4. The summed E-state index contributed by atoms with van der Waals surface area (Å²) in [7, 11) is 2.19. The number of benzene rings is 1. The molecule has 26 heavy (non-hydrogen) atoms. The van der Waals surface area contributed by atoms with Crippen molar-refractivity contribution in [3.05, 3.63) is 58.7 Å². The van der Waals surface area contributed by atoms with Gasteiger partial charge >= 0.3 is 5.97 Å². The molecule has 3 aliphatic rings. The Kier molecular flexibility index (Phi) is 4.06. The fraction of sp³-hybridized carbons (Fsp3) is 0.435. The summed E-state index contributed by atoms with van der Waals surface area (Å²) in [5, 5.41) is 0. The van der Waals surface area contributed by atoms with Crippen molar-refractivity contribution in [3.8, 4) is 0 Å². The van der Waals surface area contributed by atoms with Crippen LogP contribution in [0.15, 0.2) is 47.6 Å². The number of likely N-dealkylation sites (N-methyl/N-ethyl adjacent to an activating group) is 1. The molecule has 136 valence electrons. The van der Waals surface area contributed by atoms with Crippen LogP contribution in [0.5, 0.6) is 0 Å². The average Bonchev–Trinajstić information content (AvgIpc) is 2.94. The Bertz CT molecular complexity index is 861. The van der Waals surface area contributed by atoms with Crippen molar-refractivity contribution in [2.45, 2.75) is 58.1 Å². The minimum absolute atomic E-state index is 0.0567. The van der Waals surface area contributed by atoms with Crippen LogP contribution in [0, 0.1) is 6.92 Å². The van der Waals surface area contributed by atoms with Gasteiger partial charge in [-0.3, -0.25) is 4.79 Å². The molecule has 3 nitrogen and oxygen atoms in total. The number of cyclic esters (lactones) is 1. The van der Waals surface area contributed by atoms with Gasteiger partial charge < -0.3 is 9.64 Å². The zero-order chi connectivity index (χ0) is 18.5. The van der Waals surface area contributed by atoms with Gasteiger partial charge in [-0.15, -0.1) is 0 Å². The number of ether oxygens (including phenoxy) is 1. The van der Waals surface area contributed by atoms with E-state index in [2.05, 4.69) is 69.1 Å². The lowest BCUT2D eigenvalue weighted by atomic mass is 9.79. The second kappa shape index (κ2) is 6.15. The Morgan fingerprint density at radius 3 is 2.85 bits per heavy atom. The van der Waals surface area contributed by atoms with Gasteiger partial charge in [-0.1, -0.05) is 30.4 Å². The maximum absolute atomic E-state index is 11.6. The van der Waals surface area contributed by atoms with Gasteiger partial charge in [-0.25, -0.2) is 0 Å². The molecule has 1 aliphatic carbocycles. The van der Waals surface area contributed by atoms with Crippen molar-refractivity contribution in [1.82, 2.24) is 0 Å². The van der Waals surface area contributed by atoms with Gasteiger partial charge in [0.25, 0.3) is 0 Å². The lowest BCUT2D eigenvalue weighted by Crippen LogP contribution is -2.38. The first kappa shape index (κ1) is 17.1. The summed E-state index contributed by atoms with van der Waals surface area (Å²) in [6.07, 6.45) is 9.80. The minimum atomic E-state index is -0.322. The molecule has 2 atom stereocenters. The summed E-state index contributed by atoms with van der Waals surface area (Å²) in [6, 6.07) is 7.03. The molecule has 0 aromatic heterocycles. The molecule has 0 N–H and O–H groups in total. The number of nitrogens with zero attached hydrogens (tertiary/aromatic N) is 1. The van der Waals surface area contributed by atoms with E-state index in [0.29, 0.717) is 12.5 Å². The monoisotopic (exact) mass is 349 g/mol. The quantitative estimate of drug-likeness (QED) is 0.723. The van der Waals surface area contributed by atoms with Crippen molar-refractivity contribution in [2.75, 3.05) is 11.9 Å². The number of anilines is 1. The highest BCUT2D eigenvalue weighted by Gasteiger charge is 2.37. The summed E-state index contributed by atoms with van der Waals surface area (Å²) in [5.41, 5.74) is 7.73. The number of fused-ring (bicyclic) bond motifs is 2. The second-order valence-corrected chi connectivity index (χ2v) is 8.16. The first-order valence-electron chi connectivity index (χ1n) is 9.52. The topological polar surface area (TPSA) is 29.5 Å². The lowest BCUT2D eigenvalue weighted by Gasteiger charge is -2.41. The molecule has 2 aliphatic heterocycles. The third-order valence-electron chi connectivity index (χ3n) is 6.08. The maximum Gasteiger partial charge on any atom is 0.306 e. The van der Waals surface area contributed by atoms with E-state index in [-0.39, 0.29) is 11.6 Å². The largest absolute Gasteiger partial charge is 0.459 e. The van der Waals surface area contributed by atoms with Gasteiger partial charge in [0.15, 0.2) is 0 Å². The Hall–Kier alpha value is -2.29. The Balaban J connectivity index is 1.75. The third kappa shape index (κ3) is 2.80. The molecule has 0 radical (unpaired) electrons. The lowest BCUT2D eigenvalue weighted by molar-refractivity contribution is -0.147. The molecule has 1 saturated heterocycles. The van der Waals surface area contributed by atoms with Gasteiger partial charge in [0.05, 0.1) is 6.04 Å². The average molecular weight is 349 g/mol. The highest BCUT2D eigenvalue weighted by molar-refractivity contribution is 5.86. The zero-order valence-electron chi connectivity index (χ0n) is 16.1. The summed E-state index contributed by atoms with van der Waals surface area (Å²) in [5.74, 6) is -0.0567. The molecule has 0 amide bonds. The van der Waals surface area contributed by atoms with Crippen LogP contribution in [0.1, 0.15) is 50.7 Å². The normalized spacial score (nSPS) is 27.2. The number of allylic oxidation sites excluding steroid dienone is 3. The van der Waals surface area contributed by atoms with E-state index in [0.717, 1.165) is 19.3 Å². The molecule has 1 aromatic rings. The highest BCUT2D eigenvalue weighted by atomic mass is 16.6. The standard InChI is InChI=1S/C23H27NO2/c1-15-8-9-18-17(10-12-23(3)13-11-21(25)26-23)19-7-5-6-16(2)22(19)24(4)20(18)14-15/h5-9,14,22H,10-13H2,1-4H3. The van der Waals surface area contributed by atoms with E-state index < -0.39 is 0 Å². The number of aryl methyl sites for hydroxylation is 1. The van der Waals surface area contributed by atoms with E-state index in [1.54, 1.807) is 0 Å². The van der Waals surface area contributed by atoms with E-state index in [1.165, 1.54) is 33.5 Å². The second-order valence-electron chi connectivity index (χ2n) is 8.16. The van der Waals surface area contributed by atoms with E-state index in [9.17, 15) is 4.79 Å². The predicted molar refractivity (Wildman–Crippen MR) is 106 cm³/mol. The van der Waals surface area contributed by atoms with Crippen LogP contribution in [0.25, 0.3) is 5.57 Å². The van der Waals surface area contributed by atoms with Crippen LogP contribution in [-0.2, 0) is 9.53 Å². The smallest absolute Gasteiger partial charge is 0.306 e. The van der Waals surface area contributed by atoms with E-state index >= 15 is 0 Å². The summed E-state index contributed by atoms with van der Waals surface area (Å²) >= 11 is 0. The zero-order valence-corrected chi connectivity index (χ0v) is 16.1. The number of hydrogen-bond donors (Lipinski definition) is 0. The van der Waals surface area contributed by atoms with Crippen LogP contribution in [0.4, 0.5) is 5.69 Å². The minimum Gasteiger partial charge on any atom is -0.459 e. The van der Waals surface area contributed by atoms with Crippen LogP contribution >= 0.6 is 0 Å². The van der Waals surface area contributed by atoms with Crippen molar-refractivity contribution in [3.63, 3.8) is 0 Å². The maximum atomic E-state index is 11.6. The Labute approximate surface area is 156 Å². The predicted octanol–water partition coefficient (Wildman–Crippen LogP) is 4.96. The summed E-state index contributed by atoms with van der Waals surface area (Å²) in [4.78, 5) is 14.0. The van der Waals surface area contributed by atoms with Crippen molar-refractivity contribution in [2.24, 2.45) is 0 Å². The highest BCUT2D eigenvalue weighted by Crippen LogP contribution is 2.45. The summed E-state index contributed by atoms with van der Waals surface area (Å²) < 4.78 is 5.62. The van der Waals surface area contributed by atoms with Gasteiger partial charge in [-0.2, -0.15) is 0 Å². The molecule has 2 unspecified atom stereocenters. The number of carbonyl (C=O) groups excluding carboxylic acids is 1. The molecule has 1 aromatic carbocycles. The molecule has 0 spiro atoms. The molecule has 4 rings (SSSR count). The van der Waals surface area contributed by atoms with Crippen molar-refractivity contribution < 1.29 is 9.53 Å². The number of hydrogen-bond acceptors (Lipinski definition) is 3. The van der Waals surface area contributed by atoms with E-state index in [1.807, 2.05) is 0 Å². The van der Waals surface area contributed by atoms with Crippen molar-refractivity contribution >= 4 is 17.2 Å². The molecule has 0 saturated carbocycles. The van der Waals surface area contributed by atoms with E-state index in [4.69, 9.17) is 4.74 Å². The third-order valence-corrected chi connectivity index (χ3v) is 6.08. The molecule has 3 heteroatoms. The van der Waals surface area contributed by atoms with Gasteiger partial charge in [-0.05, 0) is 68.4 Å². The molecule has 2 heterocycles. The van der Waals surface area contributed by atoms with Crippen LogP contribution in [0.2, 0.25) is 0 Å². The molecular weight excluding hydrogens is 322 g/mol. The number of rotatable bonds is 3. The molecular formula is C23H27NO2.